The van der Waals surface area contributed by atoms with Crippen LogP contribution >= 0.6 is 0 Å². The van der Waals surface area contributed by atoms with Crippen molar-refractivity contribution >= 4 is 5.69 Å². The van der Waals surface area contributed by atoms with E-state index in [4.69, 9.17) is 0 Å². The highest BCUT2D eigenvalue weighted by molar-refractivity contribution is 5.50. The first-order chi connectivity index (χ1) is 11.4. The number of anilines is 1. The highest BCUT2D eigenvalue weighted by Crippen LogP contribution is 2.53. The normalized spacial score (nSPS) is 25.5. The third-order valence-corrected chi connectivity index (χ3v) is 6.95. The highest BCUT2D eigenvalue weighted by atomic mass is 15.2. The van der Waals surface area contributed by atoms with Gasteiger partial charge < -0.3 is 9.80 Å². The number of likely N-dealkylation sites (tertiary alicyclic amines) is 1. The fraction of sp³-hybridized carbons (Fsp3) is 0.727. The molecule has 0 amide bonds. The maximum atomic E-state index is 2.76. The molecule has 1 aromatic carbocycles. The molecule has 1 saturated carbocycles. The van der Waals surface area contributed by atoms with E-state index in [1.165, 1.54) is 64.1 Å². The van der Waals surface area contributed by atoms with Crippen LogP contribution in [0.2, 0.25) is 0 Å². The number of para-hydroxylation sites is 1. The molecule has 0 radical (unpaired) electrons. The van der Waals surface area contributed by atoms with E-state index < -0.39 is 0 Å². The van der Waals surface area contributed by atoms with Crippen LogP contribution in [-0.2, 0) is 0 Å². The predicted octanol–water partition coefficient (Wildman–Crippen LogP) is 4.66. The Bertz CT molecular complexity index is 537. The molecule has 0 aromatic heterocycles. The average molecular weight is 327 g/mol. The lowest BCUT2D eigenvalue weighted by molar-refractivity contribution is -0.00556. The van der Waals surface area contributed by atoms with Crippen molar-refractivity contribution < 1.29 is 0 Å². The Morgan fingerprint density at radius 3 is 2.21 bits per heavy atom. The minimum absolute atomic E-state index is 0.499. The van der Waals surface area contributed by atoms with Crippen molar-refractivity contribution in [1.82, 2.24) is 4.90 Å². The smallest absolute Gasteiger partial charge is 0.0366 e. The zero-order valence-electron chi connectivity index (χ0n) is 15.8. The molecular formula is C22H34N2. The number of piperidine rings is 1. The molecule has 4 rings (SSSR count). The first kappa shape index (κ1) is 16.4. The maximum Gasteiger partial charge on any atom is 0.0366 e. The van der Waals surface area contributed by atoms with Gasteiger partial charge in [0.05, 0.1) is 0 Å². The van der Waals surface area contributed by atoms with Crippen LogP contribution in [-0.4, -0.2) is 37.6 Å². The fourth-order valence-corrected chi connectivity index (χ4v) is 5.48. The monoisotopic (exact) mass is 326 g/mol. The molecular weight excluding hydrogens is 292 g/mol. The molecule has 3 aliphatic rings. The van der Waals surface area contributed by atoms with Gasteiger partial charge in [-0.25, -0.2) is 0 Å². The van der Waals surface area contributed by atoms with Gasteiger partial charge in [-0.2, -0.15) is 0 Å². The summed E-state index contributed by atoms with van der Waals surface area (Å²) in [6.07, 6.45) is 5.75. The molecule has 1 aliphatic carbocycles. The number of benzene rings is 1. The largest absolute Gasteiger partial charge is 0.370 e. The van der Waals surface area contributed by atoms with Gasteiger partial charge >= 0.3 is 0 Å². The van der Waals surface area contributed by atoms with Crippen molar-refractivity contribution in [3.8, 4) is 0 Å². The van der Waals surface area contributed by atoms with E-state index in [1.807, 2.05) is 0 Å². The van der Waals surface area contributed by atoms with Gasteiger partial charge in [0.15, 0.2) is 0 Å². The molecule has 2 heteroatoms. The zero-order valence-corrected chi connectivity index (χ0v) is 15.8. The van der Waals surface area contributed by atoms with Gasteiger partial charge in [-0.05, 0) is 68.2 Å². The molecule has 2 aliphatic heterocycles. The molecule has 3 fully saturated rings. The van der Waals surface area contributed by atoms with Gasteiger partial charge in [-0.15, -0.1) is 0 Å². The third-order valence-electron chi connectivity index (χ3n) is 6.95. The quantitative estimate of drug-likeness (QED) is 0.797. The lowest BCUT2D eigenvalue weighted by Crippen LogP contribution is -2.63. The second-order valence-electron chi connectivity index (χ2n) is 9.91. The molecule has 0 N–H and O–H groups in total. The topological polar surface area (TPSA) is 6.48 Å². The average Bonchev–Trinajstić information content (AvgIpc) is 2.49. The zero-order chi connectivity index (χ0) is 16.8. The van der Waals surface area contributed by atoms with E-state index in [0.717, 1.165) is 11.8 Å². The standard InChI is InChI=1S/C22H34N2/c1-21(2,3)19-9-11-23(12-10-19)15-18-13-22(14-18)16-24(17-22)20-7-5-4-6-8-20/h4-8,18-19H,9-17H2,1-3H3. The van der Waals surface area contributed by atoms with E-state index in [2.05, 4.69) is 60.9 Å². The van der Waals surface area contributed by atoms with Crippen molar-refractivity contribution in [2.24, 2.45) is 22.7 Å². The Hall–Kier alpha value is -1.02. The van der Waals surface area contributed by atoms with Crippen molar-refractivity contribution in [3.63, 3.8) is 0 Å². The minimum atomic E-state index is 0.499. The van der Waals surface area contributed by atoms with Crippen LogP contribution in [0, 0.1) is 22.7 Å². The summed E-state index contributed by atoms with van der Waals surface area (Å²) in [5, 5.41) is 0. The molecule has 2 saturated heterocycles. The molecule has 2 heterocycles. The van der Waals surface area contributed by atoms with Crippen LogP contribution in [0.4, 0.5) is 5.69 Å². The predicted molar refractivity (Wildman–Crippen MR) is 102 cm³/mol. The van der Waals surface area contributed by atoms with Crippen LogP contribution in [0.25, 0.3) is 0 Å². The van der Waals surface area contributed by atoms with Gasteiger partial charge in [0.2, 0.25) is 0 Å². The molecule has 0 unspecified atom stereocenters. The van der Waals surface area contributed by atoms with Crippen LogP contribution in [0.5, 0.6) is 0 Å². The highest BCUT2D eigenvalue weighted by Gasteiger charge is 2.52. The summed E-state index contributed by atoms with van der Waals surface area (Å²) in [5.41, 5.74) is 2.58. The molecule has 0 atom stereocenters. The van der Waals surface area contributed by atoms with Crippen molar-refractivity contribution in [2.75, 3.05) is 37.6 Å². The lowest BCUT2D eigenvalue weighted by atomic mass is 9.57. The number of hydrogen-bond acceptors (Lipinski definition) is 2. The minimum Gasteiger partial charge on any atom is -0.370 e. The van der Waals surface area contributed by atoms with Crippen molar-refractivity contribution in [3.05, 3.63) is 30.3 Å². The van der Waals surface area contributed by atoms with Crippen LogP contribution in [0.1, 0.15) is 46.5 Å². The molecule has 1 spiro atoms. The molecule has 24 heavy (non-hydrogen) atoms. The maximum absolute atomic E-state index is 2.76. The lowest BCUT2D eigenvalue weighted by Gasteiger charge is -2.60. The Morgan fingerprint density at radius 2 is 1.62 bits per heavy atom. The van der Waals surface area contributed by atoms with Crippen LogP contribution in [0.3, 0.4) is 0 Å². The molecule has 1 aromatic rings. The molecule has 2 nitrogen and oxygen atoms in total. The van der Waals surface area contributed by atoms with Gasteiger partial charge in [-0.1, -0.05) is 39.0 Å². The van der Waals surface area contributed by atoms with E-state index in [-0.39, 0.29) is 0 Å². The Balaban J connectivity index is 1.19. The third kappa shape index (κ3) is 3.22. The summed E-state index contributed by atoms with van der Waals surface area (Å²) in [4.78, 5) is 5.32. The first-order valence-corrected chi connectivity index (χ1v) is 9.96. The summed E-state index contributed by atoms with van der Waals surface area (Å²) in [6, 6.07) is 10.9. The van der Waals surface area contributed by atoms with Gasteiger partial charge in [0, 0.05) is 30.7 Å². The van der Waals surface area contributed by atoms with Crippen molar-refractivity contribution in [1.29, 1.82) is 0 Å². The summed E-state index contributed by atoms with van der Waals surface area (Å²) in [6.45, 7) is 13.9. The van der Waals surface area contributed by atoms with Crippen LogP contribution < -0.4 is 4.90 Å². The van der Waals surface area contributed by atoms with E-state index in [0.29, 0.717) is 10.8 Å². The van der Waals surface area contributed by atoms with Gasteiger partial charge in [0.1, 0.15) is 0 Å². The van der Waals surface area contributed by atoms with E-state index >= 15 is 0 Å². The summed E-state index contributed by atoms with van der Waals surface area (Å²) in [5.74, 6) is 1.89. The summed E-state index contributed by atoms with van der Waals surface area (Å²) >= 11 is 0. The number of nitrogens with zero attached hydrogens (tertiary/aromatic N) is 2. The fourth-order valence-electron chi connectivity index (χ4n) is 5.48. The Labute approximate surface area is 148 Å². The molecule has 132 valence electrons. The number of rotatable bonds is 3. The van der Waals surface area contributed by atoms with Crippen molar-refractivity contribution in [2.45, 2.75) is 46.5 Å². The van der Waals surface area contributed by atoms with Gasteiger partial charge in [-0.3, -0.25) is 0 Å². The second kappa shape index (κ2) is 6.05. The molecule has 0 bridgehead atoms. The van der Waals surface area contributed by atoms with E-state index in [1.54, 1.807) is 0 Å². The first-order valence-electron chi connectivity index (χ1n) is 9.96. The van der Waals surface area contributed by atoms with Gasteiger partial charge in [0.25, 0.3) is 0 Å². The van der Waals surface area contributed by atoms with E-state index in [9.17, 15) is 0 Å². The van der Waals surface area contributed by atoms with Crippen LogP contribution in [0.15, 0.2) is 30.3 Å². The second-order valence-corrected chi connectivity index (χ2v) is 9.91. The Kier molecular flexibility index (Phi) is 4.15. The Morgan fingerprint density at radius 1 is 1.00 bits per heavy atom. The summed E-state index contributed by atoms with van der Waals surface area (Å²) in [7, 11) is 0. The SMILES string of the molecule is CC(C)(C)C1CCN(CC2CC3(C2)CN(c2ccccc2)C3)CC1. The summed E-state index contributed by atoms with van der Waals surface area (Å²) < 4.78 is 0. The number of hydrogen-bond donors (Lipinski definition) is 0.